The maximum Gasteiger partial charge on any atom is 0.227 e. The van der Waals surface area contributed by atoms with Gasteiger partial charge in [0.15, 0.2) is 0 Å². The number of fused-ring (bicyclic) bond motifs is 1. The Hall–Kier alpha value is -3.99. The first-order valence-electron chi connectivity index (χ1n) is 9.70. The predicted molar refractivity (Wildman–Crippen MR) is 120 cm³/mol. The van der Waals surface area contributed by atoms with Gasteiger partial charge < -0.3 is 20.9 Å². The van der Waals surface area contributed by atoms with Crippen molar-refractivity contribution in [1.82, 2.24) is 15.0 Å². The molecular formula is C24H21N5O2. The summed E-state index contributed by atoms with van der Waals surface area (Å²) in [7, 11) is 0. The molecule has 31 heavy (non-hydrogen) atoms. The van der Waals surface area contributed by atoms with E-state index >= 15 is 0 Å². The van der Waals surface area contributed by atoms with Gasteiger partial charge in [-0.1, -0.05) is 24.1 Å². The zero-order chi connectivity index (χ0) is 21.6. The van der Waals surface area contributed by atoms with Gasteiger partial charge in [-0.25, -0.2) is 9.97 Å². The molecule has 0 spiro atoms. The summed E-state index contributed by atoms with van der Waals surface area (Å²) in [6.07, 6.45) is 10.1. The summed E-state index contributed by atoms with van der Waals surface area (Å²) in [5.74, 6) is 3.64. The van der Waals surface area contributed by atoms with Crippen LogP contribution in [0.15, 0.2) is 67.1 Å². The molecule has 4 N–H and O–H groups in total. The van der Waals surface area contributed by atoms with Crippen molar-refractivity contribution in [3.05, 3.63) is 83.8 Å². The fourth-order valence-electron chi connectivity index (χ4n) is 3.09. The molecule has 7 nitrogen and oxygen atoms in total. The second kappa shape index (κ2) is 9.22. The maximum atomic E-state index is 9.96. The third kappa shape index (κ3) is 4.78. The third-order valence-corrected chi connectivity index (χ3v) is 4.70. The second-order valence-electron chi connectivity index (χ2n) is 6.90. The Bertz CT molecular complexity index is 1240. The number of aliphatic hydroxyl groups is 1. The van der Waals surface area contributed by atoms with Crippen molar-refractivity contribution in [3.63, 3.8) is 0 Å². The van der Waals surface area contributed by atoms with Crippen molar-refractivity contribution in [2.75, 3.05) is 11.9 Å². The number of hydrogen-bond donors (Lipinski definition) is 3. The fourth-order valence-corrected chi connectivity index (χ4v) is 3.09. The van der Waals surface area contributed by atoms with Crippen LogP contribution in [-0.2, 0) is 6.61 Å². The molecule has 4 rings (SSSR count). The van der Waals surface area contributed by atoms with Gasteiger partial charge in [-0.15, -0.1) is 6.42 Å². The van der Waals surface area contributed by atoms with Gasteiger partial charge in [-0.05, 0) is 29.8 Å². The van der Waals surface area contributed by atoms with Crippen molar-refractivity contribution < 1.29 is 9.84 Å². The molecule has 0 aliphatic carbocycles. The van der Waals surface area contributed by atoms with E-state index in [-0.39, 0.29) is 6.54 Å². The molecule has 0 saturated carbocycles. The Kier molecular flexibility index (Phi) is 6.03. The lowest BCUT2D eigenvalue weighted by molar-refractivity contribution is 0.187. The van der Waals surface area contributed by atoms with Crippen molar-refractivity contribution >= 4 is 22.5 Å². The van der Waals surface area contributed by atoms with E-state index in [1.165, 1.54) is 0 Å². The molecule has 154 valence electrons. The first-order chi connectivity index (χ1) is 15.2. The number of nitrogens with one attached hydrogen (secondary N) is 1. The second-order valence-corrected chi connectivity index (χ2v) is 6.90. The molecule has 0 bridgehead atoms. The normalized spacial score (nSPS) is 11.6. The molecule has 0 amide bonds. The van der Waals surface area contributed by atoms with Gasteiger partial charge >= 0.3 is 0 Å². The molecule has 0 fully saturated rings. The molecule has 2 aromatic heterocycles. The van der Waals surface area contributed by atoms with E-state index in [1.54, 1.807) is 18.6 Å². The van der Waals surface area contributed by atoms with Crippen LogP contribution in [0.2, 0.25) is 0 Å². The molecule has 7 heteroatoms. The average Bonchev–Trinajstić information content (AvgIpc) is 2.82. The minimum atomic E-state index is -0.721. The molecule has 2 aromatic carbocycles. The van der Waals surface area contributed by atoms with Crippen LogP contribution in [0, 0.1) is 12.3 Å². The van der Waals surface area contributed by atoms with Crippen molar-refractivity contribution in [2.45, 2.75) is 12.7 Å². The van der Waals surface area contributed by atoms with Gasteiger partial charge in [0.25, 0.3) is 0 Å². The summed E-state index contributed by atoms with van der Waals surface area (Å²) in [5, 5.41) is 13.9. The smallest absolute Gasteiger partial charge is 0.227 e. The number of ether oxygens (including phenoxy) is 1. The Morgan fingerprint density at radius 3 is 2.84 bits per heavy atom. The van der Waals surface area contributed by atoms with Crippen molar-refractivity contribution in [3.8, 4) is 18.1 Å². The largest absolute Gasteiger partial charge is 0.487 e. The van der Waals surface area contributed by atoms with E-state index in [1.807, 2.05) is 48.5 Å². The van der Waals surface area contributed by atoms with Crippen LogP contribution in [-0.4, -0.2) is 26.6 Å². The first kappa shape index (κ1) is 20.3. The van der Waals surface area contributed by atoms with Crippen LogP contribution in [0.1, 0.15) is 22.8 Å². The van der Waals surface area contributed by atoms with Crippen LogP contribution >= 0.6 is 0 Å². The van der Waals surface area contributed by atoms with Crippen LogP contribution in [0.25, 0.3) is 10.9 Å². The van der Waals surface area contributed by atoms with E-state index in [0.717, 1.165) is 22.2 Å². The number of terminal acetylenes is 1. The number of rotatable bonds is 7. The SMILES string of the molecule is C#Cc1cc2cnc(Nc3cccc(C(O)CN)c3)nc2cc1OCc1cccnc1. The van der Waals surface area contributed by atoms with Crippen molar-refractivity contribution in [1.29, 1.82) is 0 Å². The molecule has 1 unspecified atom stereocenters. The molecule has 4 aromatic rings. The highest BCUT2D eigenvalue weighted by molar-refractivity contribution is 5.83. The molecule has 2 heterocycles. The Morgan fingerprint density at radius 2 is 2.06 bits per heavy atom. The summed E-state index contributed by atoms with van der Waals surface area (Å²) >= 11 is 0. The zero-order valence-electron chi connectivity index (χ0n) is 16.7. The quantitative estimate of drug-likeness (QED) is 0.401. The monoisotopic (exact) mass is 411 g/mol. The minimum Gasteiger partial charge on any atom is -0.487 e. The number of aromatic nitrogens is 3. The van der Waals surface area contributed by atoms with Gasteiger partial charge in [-0.2, -0.15) is 0 Å². The Balaban J connectivity index is 1.60. The van der Waals surface area contributed by atoms with Gasteiger partial charge in [0.05, 0.1) is 17.2 Å². The summed E-state index contributed by atoms with van der Waals surface area (Å²) in [6, 6.07) is 14.8. The number of nitrogens with two attached hydrogens (primary N) is 1. The van der Waals surface area contributed by atoms with E-state index in [9.17, 15) is 5.11 Å². The molecule has 1 atom stereocenters. The topological polar surface area (TPSA) is 106 Å². The Labute approximate surface area is 180 Å². The number of pyridine rings is 1. The molecule has 0 radical (unpaired) electrons. The molecule has 0 saturated heterocycles. The summed E-state index contributed by atoms with van der Waals surface area (Å²) < 4.78 is 5.93. The predicted octanol–water partition coefficient (Wildman–Crippen LogP) is 3.32. The van der Waals surface area contributed by atoms with Crippen LogP contribution in [0.5, 0.6) is 5.75 Å². The van der Waals surface area contributed by atoms with Gasteiger partial charge in [0.1, 0.15) is 12.4 Å². The van der Waals surface area contributed by atoms with E-state index in [0.29, 0.717) is 29.4 Å². The number of hydrogen-bond acceptors (Lipinski definition) is 7. The highest BCUT2D eigenvalue weighted by Gasteiger charge is 2.10. The third-order valence-electron chi connectivity index (χ3n) is 4.70. The zero-order valence-corrected chi connectivity index (χ0v) is 16.7. The maximum absolute atomic E-state index is 9.96. The highest BCUT2D eigenvalue weighted by Crippen LogP contribution is 2.26. The summed E-state index contributed by atoms with van der Waals surface area (Å²) in [4.78, 5) is 13.0. The van der Waals surface area contributed by atoms with E-state index in [4.69, 9.17) is 16.9 Å². The number of benzene rings is 2. The van der Waals surface area contributed by atoms with E-state index < -0.39 is 6.10 Å². The molecular weight excluding hydrogens is 390 g/mol. The van der Waals surface area contributed by atoms with Crippen LogP contribution < -0.4 is 15.8 Å². The lowest BCUT2D eigenvalue weighted by atomic mass is 10.1. The lowest BCUT2D eigenvalue weighted by Gasteiger charge is -2.12. The summed E-state index contributed by atoms with van der Waals surface area (Å²) in [6.45, 7) is 0.496. The number of nitrogens with zero attached hydrogens (tertiary/aromatic N) is 3. The highest BCUT2D eigenvalue weighted by atomic mass is 16.5. The van der Waals surface area contributed by atoms with Gasteiger partial charge in [-0.3, -0.25) is 4.98 Å². The van der Waals surface area contributed by atoms with Gasteiger partial charge in [0, 0.05) is 47.8 Å². The molecule has 0 aliphatic rings. The number of anilines is 2. The Morgan fingerprint density at radius 1 is 1.16 bits per heavy atom. The first-order valence-corrected chi connectivity index (χ1v) is 9.70. The lowest BCUT2D eigenvalue weighted by Crippen LogP contribution is -2.11. The van der Waals surface area contributed by atoms with Crippen molar-refractivity contribution in [2.24, 2.45) is 5.73 Å². The van der Waals surface area contributed by atoms with Crippen LogP contribution in [0.4, 0.5) is 11.6 Å². The molecule has 0 aliphatic heterocycles. The average molecular weight is 411 g/mol. The number of aliphatic hydroxyl groups excluding tert-OH is 1. The standard InChI is InChI=1S/C24H21N5O2/c1-2-17-9-19-14-27-24(28-20-7-3-6-18(10-20)22(30)12-25)29-21(19)11-23(17)31-15-16-5-4-8-26-13-16/h1,3-11,13-14,22,30H,12,15,25H2,(H,27,28,29). The van der Waals surface area contributed by atoms with Gasteiger partial charge in [0.2, 0.25) is 5.95 Å². The fraction of sp³-hybridized carbons (Fsp3) is 0.125. The summed E-state index contributed by atoms with van der Waals surface area (Å²) in [5.41, 5.74) is 9.27. The minimum absolute atomic E-state index is 0.148. The van der Waals surface area contributed by atoms with E-state index in [2.05, 4.69) is 26.2 Å². The van der Waals surface area contributed by atoms with Crippen LogP contribution in [0.3, 0.4) is 0 Å².